The van der Waals surface area contributed by atoms with Gasteiger partial charge in [-0.25, -0.2) is 0 Å². The van der Waals surface area contributed by atoms with E-state index in [0.29, 0.717) is 0 Å². The van der Waals surface area contributed by atoms with Crippen molar-refractivity contribution in [2.24, 2.45) is 0 Å². The van der Waals surface area contributed by atoms with Crippen molar-refractivity contribution in [3.8, 4) is 61.3 Å². The summed E-state index contributed by atoms with van der Waals surface area (Å²) in [7, 11) is 0. The molecule has 298 valence electrons. The van der Waals surface area contributed by atoms with Crippen LogP contribution in [0.25, 0.3) is 132 Å². The number of allylic oxidation sites excluding steroid dienone is 4. The van der Waals surface area contributed by atoms with Gasteiger partial charge in [0.1, 0.15) is 0 Å². The summed E-state index contributed by atoms with van der Waals surface area (Å²) >= 11 is 0. The van der Waals surface area contributed by atoms with E-state index in [1.165, 1.54) is 104 Å². The summed E-state index contributed by atoms with van der Waals surface area (Å²) in [6, 6.07) is 74.2. The van der Waals surface area contributed by atoms with Gasteiger partial charge in [-0.2, -0.15) is 0 Å². The number of nitrogens with zero attached hydrogens (tertiary/aromatic N) is 2. The number of hydrogen-bond donors (Lipinski definition) is 0. The third kappa shape index (κ3) is 5.14. The van der Waals surface area contributed by atoms with Crippen molar-refractivity contribution in [2.75, 3.05) is 0 Å². The standard InChI is InChI=1S/C62H40N2/c1-3-16-42(4-2)63-57-27-13-12-24-50(57)56-37-40(31-36-59(56)63)41-30-32-51-55-33-29-39-17-5-6-18-43(39)62(55)64(60(51)38-41)58-28-14-11-23-49(58)45-20-8-7-19-44(45)48-34-35-54-47-22-10-9-21-46(47)52-25-15-26-53(48)61(52)54/h3-38H,1-2H2/b42-16+. The molecule has 2 nitrogen and oxygen atoms in total. The average Bonchev–Trinajstić information content (AvgIpc) is 3.99. The zero-order valence-electron chi connectivity index (χ0n) is 35.1. The Hall–Kier alpha value is -8.46. The highest BCUT2D eigenvalue weighted by atomic mass is 15.0. The first-order valence-electron chi connectivity index (χ1n) is 22.0. The van der Waals surface area contributed by atoms with Crippen LogP contribution < -0.4 is 0 Å². The molecule has 64 heavy (non-hydrogen) atoms. The Bertz CT molecular complexity index is 3970. The lowest BCUT2D eigenvalue weighted by atomic mass is 9.89. The maximum Gasteiger partial charge on any atom is 0.0619 e. The van der Waals surface area contributed by atoms with E-state index < -0.39 is 0 Å². The van der Waals surface area contributed by atoms with Gasteiger partial charge in [0.15, 0.2) is 0 Å². The van der Waals surface area contributed by atoms with E-state index in [-0.39, 0.29) is 0 Å². The van der Waals surface area contributed by atoms with E-state index in [2.05, 4.69) is 222 Å². The number of hydrogen-bond acceptors (Lipinski definition) is 0. The minimum atomic E-state index is 0.992. The van der Waals surface area contributed by atoms with Gasteiger partial charge in [0.05, 0.1) is 27.8 Å². The molecule has 0 saturated carbocycles. The maximum absolute atomic E-state index is 4.15. The quantitative estimate of drug-likeness (QED) is 0.142. The van der Waals surface area contributed by atoms with Crippen molar-refractivity contribution < 1.29 is 0 Å². The minimum Gasteiger partial charge on any atom is -0.309 e. The zero-order valence-corrected chi connectivity index (χ0v) is 35.1. The number of benzene rings is 10. The summed E-state index contributed by atoms with van der Waals surface area (Å²) in [5.74, 6) is 0. The van der Waals surface area contributed by atoms with Crippen LogP contribution in [0.2, 0.25) is 0 Å². The Labute approximate surface area is 371 Å². The van der Waals surface area contributed by atoms with E-state index in [0.717, 1.165) is 28.0 Å². The van der Waals surface area contributed by atoms with E-state index >= 15 is 0 Å². The van der Waals surface area contributed by atoms with Crippen molar-refractivity contribution in [3.63, 3.8) is 0 Å². The molecule has 10 aromatic carbocycles. The Balaban J connectivity index is 1.05. The molecule has 0 amide bonds. The Morgan fingerprint density at radius 1 is 0.375 bits per heavy atom. The van der Waals surface area contributed by atoms with Gasteiger partial charge in [0.2, 0.25) is 0 Å². The third-order valence-electron chi connectivity index (χ3n) is 13.6. The largest absolute Gasteiger partial charge is 0.309 e. The monoisotopic (exact) mass is 812 g/mol. The molecule has 0 unspecified atom stereocenters. The van der Waals surface area contributed by atoms with Crippen LogP contribution >= 0.6 is 0 Å². The van der Waals surface area contributed by atoms with Crippen LogP contribution in [0.15, 0.2) is 232 Å². The van der Waals surface area contributed by atoms with E-state index in [1.54, 1.807) is 0 Å². The molecule has 2 aromatic heterocycles. The molecule has 0 saturated heterocycles. The summed E-state index contributed by atoms with van der Waals surface area (Å²) in [5, 5.41) is 9.93. The maximum atomic E-state index is 4.15. The molecule has 0 N–H and O–H groups in total. The van der Waals surface area contributed by atoms with E-state index in [4.69, 9.17) is 0 Å². The zero-order chi connectivity index (χ0) is 42.5. The Kier molecular flexibility index (Phi) is 7.94. The second kappa shape index (κ2) is 14.0. The van der Waals surface area contributed by atoms with Crippen LogP contribution in [0.3, 0.4) is 0 Å². The fourth-order valence-corrected chi connectivity index (χ4v) is 10.9. The predicted octanol–water partition coefficient (Wildman–Crippen LogP) is 17.1. The van der Waals surface area contributed by atoms with Gasteiger partial charge >= 0.3 is 0 Å². The first kappa shape index (κ1) is 36.2. The summed E-state index contributed by atoms with van der Waals surface area (Å²) in [6.45, 7) is 8.13. The molecule has 13 rings (SSSR count). The number of fused-ring (bicyclic) bond motifs is 11. The molecule has 0 bridgehead atoms. The number of aromatic nitrogens is 2. The summed E-state index contributed by atoms with van der Waals surface area (Å²) in [6.07, 6.45) is 5.75. The fourth-order valence-electron chi connectivity index (χ4n) is 10.9. The van der Waals surface area contributed by atoms with Crippen molar-refractivity contribution in [2.45, 2.75) is 0 Å². The normalized spacial score (nSPS) is 12.3. The fraction of sp³-hybridized carbons (Fsp3) is 0. The van der Waals surface area contributed by atoms with Gasteiger partial charge in [-0.1, -0.05) is 189 Å². The molecular formula is C62H40N2. The molecule has 0 atom stereocenters. The highest BCUT2D eigenvalue weighted by molar-refractivity contribution is 6.21. The SMILES string of the molecule is C=C/C=C(\C=C)n1c2ccccc2c2cc(-c3ccc4c5ccc6ccccc6c5n(-c5ccccc5-c5ccccc5-c5ccc6c7c(cccc57)-c5ccccc5-6)c4c3)ccc21. The van der Waals surface area contributed by atoms with E-state index in [9.17, 15) is 0 Å². The molecule has 1 aliphatic rings. The highest BCUT2D eigenvalue weighted by Crippen LogP contribution is 2.51. The van der Waals surface area contributed by atoms with Gasteiger partial charge < -0.3 is 9.13 Å². The van der Waals surface area contributed by atoms with Crippen LogP contribution in [-0.4, -0.2) is 9.13 Å². The molecule has 2 heterocycles. The molecule has 2 heteroatoms. The third-order valence-corrected chi connectivity index (χ3v) is 13.6. The minimum absolute atomic E-state index is 0.992. The molecule has 0 radical (unpaired) electrons. The molecule has 0 spiro atoms. The first-order valence-corrected chi connectivity index (χ1v) is 22.0. The second-order valence-corrected chi connectivity index (χ2v) is 16.9. The summed E-state index contributed by atoms with van der Waals surface area (Å²) in [4.78, 5) is 0. The average molecular weight is 813 g/mol. The van der Waals surface area contributed by atoms with Crippen molar-refractivity contribution >= 4 is 70.9 Å². The molecule has 0 aliphatic heterocycles. The number of para-hydroxylation sites is 2. The lowest BCUT2D eigenvalue weighted by Gasteiger charge is -2.19. The Morgan fingerprint density at radius 2 is 0.938 bits per heavy atom. The summed E-state index contributed by atoms with van der Waals surface area (Å²) < 4.78 is 4.82. The van der Waals surface area contributed by atoms with Crippen LogP contribution in [0.4, 0.5) is 0 Å². The van der Waals surface area contributed by atoms with Crippen LogP contribution in [0.1, 0.15) is 0 Å². The van der Waals surface area contributed by atoms with Gasteiger partial charge in [-0.05, 0) is 109 Å². The first-order chi connectivity index (χ1) is 31.7. The Morgan fingerprint density at radius 3 is 1.73 bits per heavy atom. The molecular weight excluding hydrogens is 773 g/mol. The van der Waals surface area contributed by atoms with Gasteiger partial charge in [0, 0.05) is 38.2 Å². The van der Waals surface area contributed by atoms with Crippen LogP contribution in [0.5, 0.6) is 0 Å². The van der Waals surface area contributed by atoms with Crippen molar-refractivity contribution in [1.82, 2.24) is 9.13 Å². The second-order valence-electron chi connectivity index (χ2n) is 16.9. The van der Waals surface area contributed by atoms with Gasteiger partial charge in [0.25, 0.3) is 0 Å². The summed E-state index contributed by atoms with van der Waals surface area (Å²) in [5.41, 5.74) is 19.2. The van der Waals surface area contributed by atoms with Gasteiger partial charge in [-0.15, -0.1) is 0 Å². The van der Waals surface area contributed by atoms with Crippen molar-refractivity contribution in [1.29, 1.82) is 0 Å². The lowest BCUT2D eigenvalue weighted by Crippen LogP contribution is -1.99. The van der Waals surface area contributed by atoms with Crippen LogP contribution in [0, 0.1) is 0 Å². The molecule has 1 aliphatic carbocycles. The van der Waals surface area contributed by atoms with Crippen LogP contribution in [-0.2, 0) is 0 Å². The van der Waals surface area contributed by atoms with Crippen molar-refractivity contribution in [3.05, 3.63) is 232 Å². The highest BCUT2D eigenvalue weighted by Gasteiger charge is 2.25. The lowest BCUT2D eigenvalue weighted by molar-refractivity contribution is 1.19. The predicted molar refractivity (Wildman–Crippen MR) is 274 cm³/mol. The van der Waals surface area contributed by atoms with E-state index in [1.807, 2.05) is 18.2 Å². The molecule has 12 aromatic rings. The van der Waals surface area contributed by atoms with Gasteiger partial charge in [-0.3, -0.25) is 0 Å². The number of rotatable bonds is 7. The smallest absolute Gasteiger partial charge is 0.0619 e. The molecule has 0 fully saturated rings. The topological polar surface area (TPSA) is 9.86 Å².